The molecule has 55 heavy (non-hydrogen) atoms. The first-order valence-corrected chi connectivity index (χ1v) is 19.5. The minimum absolute atomic E-state index is 0.205. The molecule has 0 fully saturated rings. The van der Waals surface area contributed by atoms with Crippen LogP contribution in [0.5, 0.6) is 0 Å². The van der Waals surface area contributed by atoms with Crippen LogP contribution in [0.3, 0.4) is 0 Å². The van der Waals surface area contributed by atoms with E-state index in [2.05, 4.69) is 184 Å². The van der Waals surface area contributed by atoms with E-state index in [-0.39, 0.29) is 5.41 Å². The average molecular weight is 695 g/mol. The smallest absolute Gasteiger partial charge is 0.0165 e. The molecule has 0 bridgehead atoms. The summed E-state index contributed by atoms with van der Waals surface area (Å²) in [6.45, 7) is 4.89. The van der Waals surface area contributed by atoms with Crippen LogP contribution in [-0.4, -0.2) is 0 Å². The number of fused-ring (bicyclic) bond motifs is 12. The van der Waals surface area contributed by atoms with Crippen LogP contribution >= 0.6 is 0 Å². The van der Waals surface area contributed by atoms with E-state index in [0.717, 1.165) is 0 Å². The van der Waals surface area contributed by atoms with Gasteiger partial charge >= 0.3 is 0 Å². The standard InChI is InChI=1S/C55H34/c1-55(2)47-30-45(38-17-4-6-18-39(38)52(47)53-40-19-7-3-15-36(40)37-16-5-8-20-44(37)54(53)55)35-28-34-27-26-33-13-10-22-42-41-21-9-12-31-24-25-32-14-11-23-43(50(32)48(31)41)46(29-35)51(34)49(33)42/h3-30H,1-2H3. The SMILES string of the molecule is CC1(C)c2cc(-c3cc4ccc5cccc6c7cccc8ccc9cccc(c(c3)c4c56)c9c87)c3ccccc3c2-c2c1c1ccccc1c1ccccc21. The molecule has 0 radical (unpaired) electrons. The molecule has 0 aliphatic heterocycles. The molecule has 12 aromatic rings. The van der Waals surface area contributed by atoms with Crippen molar-refractivity contribution in [2.24, 2.45) is 0 Å². The van der Waals surface area contributed by atoms with Gasteiger partial charge in [0.25, 0.3) is 0 Å². The molecular weight excluding hydrogens is 661 g/mol. The van der Waals surface area contributed by atoms with Gasteiger partial charge in [0.1, 0.15) is 0 Å². The zero-order valence-corrected chi connectivity index (χ0v) is 30.7. The molecule has 0 amide bonds. The molecule has 1 aliphatic carbocycles. The molecule has 0 heterocycles. The second-order valence-corrected chi connectivity index (χ2v) is 16.3. The molecule has 1 aliphatic rings. The van der Waals surface area contributed by atoms with Crippen molar-refractivity contribution in [1.82, 2.24) is 0 Å². The molecular formula is C55H34. The molecule has 0 saturated carbocycles. The maximum Gasteiger partial charge on any atom is 0.0165 e. The second-order valence-electron chi connectivity index (χ2n) is 16.3. The fraction of sp³-hybridized carbons (Fsp3) is 0.0545. The Kier molecular flexibility index (Phi) is 5.53. The highest BCUT2D eigenvalue weighted by Gasteiger charge is 2.40. The Morgan fingerprint density at radius 3 is 1.35 bits per heavy atom. The van der Waals surface area contributed by atoms with Crippen molar-refractivity contribution in [3.8, 4) is 22.3 Å². The van der Waals surface area contributed by atoms with E-state index < -0.39 is 0 Å². The highest BCUT2D eigenvalue weighted by atomic mass is 14.4. The lowest BCUT2D eigenvalue weighted by molar-refractivity contribution is 0.667. The van der Waals surface area contributed by atoms with Gasteiger partial charge in [-0.2, -0.15) is 0 Å². The van der Waals surface area contributed by atoms with Gasteiger partial charge in [-0.05, 0) is 149 Å². The summed E-state index contributed by atoms with van der Waals surface area (Å²) >= 11 is 0. The Bertz CT molecular complexity index is 3670. The first kappa shape index (κ1) is 29.7. The molecule has 0 atom stereocenters. The topological polar surface area (TPSA) is 0 Å². The van der Waals surface area contributed by atoms with Gasteiger partial charge in [0.2, 0.25) is 0 Å². The van der Waals surface area contributed by atoms with E-state index in [1.54, 1.807) is 0 Å². The Morgan fingerprint density at radius 1 is 0.309 bits per heavy atom. The number of hydrogen-bond donors (Lipinski definition) is 0. The molecule has 0 N–H and O–H groups in total. The van der Waals surface area contributed by atoms with E-state index in [1.165, 1.54) is 130 Å². The number of hydrogen-bond acceptors (Lipinski definition) is 0. The van der Waals surface area contributed by atoms with E-state index in [4.69, 9.17) is 0 Å². The summed E-state index contributed by atoms with van der Waals surface area (Å²) in [4.78, 5) is 0. The molecule has 0 heteroatoms. The maximum atomic E-state index is 2.56. The van der Waals surface area contributed by atoms with E-state index >= 15 is 0 Å². The Hall–Kier alpha value is -6.76. The quantitative estimate of drug-likeness (QED) is 0.150. The van der Waals surface area contributed by atoms with Crippen molar-refractivity contribution in [2.75, 3.05) is 0 Å². The molecule has 0 unspecified atom stereocenters. The lowest BCUT2D eigenvalue weighted by atomic mass is 9.78. The van der Waals surface area contributed by atoms with E-state index in [9.17, 15) is 0 Å². The average Bonchev–Trinajstić information content (AvgIpc) is 3.48. The van der Waals surface area contributed by atoms with Gasteiger partial charge in [-0.3, -0.25) is 0 Å². The third-order valence-corrected chi connectivity index (χ3v) is 13.3. The molecule has 0 aromatic heterocycles. The van der Waals surface area contributed by atoms with Crippen molar-refractivity contribution in [2.45, 2.75) is 19.3 Å². The summed E-state index contributed by atoms with van der Waals surface area (Å²) in [6.07, 6.45) is 0. The van der Waals surface area contributed by atoms with Crippen LogP contribution in [0.2, 0.25) is 0 Å². The first-order chi connectivity index (χ1) is 27.1. The number of benzene rings is 11. The van der Waals surface area contributed by atoms with Crippen molar-refractivity contribution in [1.29, 1.82) is 0 Å². The third kappa shape index (κ3) is 3.67. The fourth-order valence-corrected chi connectivity index (χ4v) is 11.0. The van der Waals surface area contributed by atoms with Gasteiger partial charge in [-0.1, -0.05) is 166 Å². The molecule has 0 saturated heterocycles. The second kappa shape index (κ2) is 10.3. The van der Waals surface area contributed by atoms with E-state index in [1.807, 2.05) is 0 Å². The molecule has 0 spiro atoms. The largest absolute Gasteiger partial charge is 0.0616 e. The van der Waals surface area contributed by atoms with Gasteiger partial charge in [0.05, 0.1) is 0 Å². The van der Waals surface area contributed by atoms with Crippen LogP contribution in [0.15, 0.2) is 170 Å². The first-order valence-electron chi connectivity index (χ1n) is 19.5. The lowest BCUT2D eigenvalue weighted by Crippen LogP contribution is -2.16. The molecule has 0 nitrogen and oxygen atoms in total. The summed E-state index contributed by atoms with van der Waals surface area (Å²) in [7, 11) is 0. The van der Waals surface area contributed by atoms with Crippen LogP contribution in [0, 0.1) is 0 Å². The van der Waals surface area contributed by atoms with Crippen molar-refractivity contribution in [3.63, 3.8) is 0 Å². The monoisotopic (exact) mass is 694 g/mol. The molecule has 12 aromatic carbocycles. The fourth-order valence-electron chi connectivity index (χ4n) is 11.0. The maximum absolute atomic E-state index is 2.56. The van der Waals surface area contributed by atoms with Gasteiger partial charge in [0.15, 0.2) is 0 Å². The Balaban J connectivity index is 1.21. The molecule has 13 rings (SSSR count). The summed E-state index contributed by atoms with van der Waals surface area (Å²) < 4.78 is 0. The zero-order valence-electron chi connectivity index (χ0n) is 30.7. The van der Waals surface area contributed by atoms with Crippen molar-refractivity contribution >= 4 is 97.0 Å². The summed E-state index contributed by atoms with van der Waals surface area (Å²) in [6, 6.07) is 64.7. The minimum atomic E-state index is -0.205. The predicted molar refractivity (Wildman–Crippen MR) is 238 cm³/mol. The Morgan fingerprint density at radius 2 is 0.745 bits per heavy atom. The van der Waals surface area contributed by atoms with E-state index in [0.29, 0.717) is 0 Å². The highest BCUT2D eigenvalue weighted by molar-refractivity contribution is 6.37. The molecule has 254 valence electrons. The van der Waals surface area contributed by atoms with Gasteiger partial charge < -0.3 is 0 Å². The lowest BCUT2D eigenvalue weighted by Gasteiger charge is -2.25. The van der Waals surface area contributed by atoms with Crippen LogP contribution < -0.4 is 0 Å². The minimum Gasteiger partial charge on any atom is -0.0616 e. The Labute approximate surface area is 318 Å². The van der Waals surface area contributed by atoms with Crippen LogP contribution in [0.25, 0.3) is 119 Å². The number of rotatable bonds is 1. The summed E-state index contributed by atoms with van der Waals surface area (Å²) in [5, 5.41) is 23.7. The van der Waals surface area contributed by atoms with Crippen molar-refractivity contribution < 1.29 is 0 Å². The normalized spacial score (nSPS) is 13.8. The highest BCUT2D eigenvalue weighted by Crippen LogP contribution is 2.58. The summed E-state index contributed by atoms with van der Waals surface area (Å²) in [5.74, 6) is 0. The van der Waals surface area contributed by atoms with Gasteiger partial charge in [-0.25, -0.2) is 0 Å². The van der Waals surface area contributed by atoms with Crippen molar-refractivity contribution in [3.05, 3.63) is 181 Å². The van der Waals surface area contributed by atoms with Gasteiger partial charge in [0, 0.05) is 5.41 Å². The van der Waals surface area contributed by atoms with Crippen LogP contribution in [0.1, 0.15) is 25.0 Å². The van der Waals surface area contributed by atoms with Crippen LogP contribution in [-0.2, 0) is 5.41 Å². The summed E-state index contributed by atoms with van der Waals surface area (Å²) in [5.41, 5.74) is 7.99. The predicted octanol–water partition coefficient (Wildman–Crippen LogP) is 15.5. The zero-order chi connectivity index (χ0) is 36.2. The third-order valence-electron chi connectivity index (χ3n) is 13.3. The van der Waals surface area contributed by atoms with Crippen LogP contribution in [0.4, 0.5) is 0 Å². The van der Waals surface area contributed by atoms with Gasteiger partial charge in [-0.15, -0.1) is 0 Å².